The van der Waals surface area contributed by atoms with Crippen molar-refractivity contribution in [1.82, 2.24) is 10.1 Å². The van der Waals surface area contributed by atoms with Crippen molar-refractivity contribution in [3.63, 3.8) is 0 Å². The molecule has 0 atom stereocenters. The molecule has 0 saturated heterocycles. The van der Waals surface area contributed by atoms with Gasteiger partial charge >= 0.3 is 11.8 Å². The number of hydrogen-bond acceptors (Lipinski definition) is 7. The zero-order valence-electron chi connectivity index (χ0n) is 9.35. The van der Waals surface area contributed by atoms with E-state index in [1.165, 1.54) is 24.4 Å². The number of pyridine rings is 1. The molecule has 0 fully saturated rings. The predicted molar refractivity (Wildman–Crippen MR) is 58.7 cm³/mol. The molecular weight excluding hydrogens is 258 g/mol. The Kier molecular flexibility index (Phi) is 3.37. The van der Waals surface area contributed by atoms with Gasteiger partial charge in [-0.3, -0.25) is 0 Å². The van der Waals surface area contributed by atoms with E-state index in [0.29, 0.717) is 0 Å². The Labute approximate surface area is 105 Å². The van der Waals surface area contributed by atoms with Crippen molar-refractivity contribution in [3.8, 4) is 5.75 Å². The Morgan fingerprint density at radius 3 is 3.00 bits per heavy atom. The van der Waals surface area contributed by atoms with Gasteiger partial charge in [0, 0.05) is 6.07 Å². The number of carbonyl (C=O) groups is 1. The van der Waals surface area contributed by atoms with E-state index in [2.05, 4.69) is 10.1 Å². The maximum absolute atomic E-state index is 10.7. The van der Waals surface area contributed by atoms with Crippen molar-refractivity contribution in [2.75, 3.05) is 0 Å². The first-order valence-corrected chi connectivity index (χ1v) is 4.99. The van der Waals surface area contributed by atoms with Crippen LogP contribution in [-0.4, -0.2) is 26.1 Å². The first-order chi connectivity index (χ1) is 9.08. The van der Waals surface area contributed by atoms with Gasteiger partial charge in [0.15, 0.2) is 11.5 Å². The number of aromatic carboxylic acids is 1. The van der Waals surface area contributed by atoms with Crippen molar-refractivity contribution in [2.45, 2.75) is 6.61 Å². The molecule has 0 aromatic carbocycles. The van der Waals surface area contributed by atoms with Crippen LogP contribution in [-0.2, 0) is 6.61 Å². The van der Waals surface area contributed by atoms with Crippen LogP contribution >= 0.6 is 0 Å². The lowest BCUT2D eigenvalue weighted by Gasteiger charge is -2.02. The number of ether oxygens (including phenoxy) is 1. The number of nitrogens with zero attached hydrogens (tertiary/aromatic N) is 3. The van der Waals surface area contributed by atoms with Gasteiger partial charge in [-0.1, -0.05) is 5.16 Å². The summed E-state index contributed by atoms with van der Waals surface area (Å²) < 4.78 is 9.85. The molecule has 2 rings (SSSR count). The van der Waals surface area contributed by atoms with Gasteiger partial charge < -0.3 is 24.5 Å². The fourth-order valence-corrected chi connectivity index (χ4v) is 1.26. The molecule has 0 aliphatic rings. The van der Waals surface area contributed by atoms with Gasteiger partial charge in [0.05, 0.1) is 0 Å². The molecule has 0 unspecified atom stereocenters. The Balaban J connectivity index is 2.10. The lowest BCUT2D eigenvalue weighted by Crippen LogP contribution is -2.00. The summed E-state index contributed by atoms with van der Waals surface area (Å²) >= 11 is 0. The fourth-order valence-electron chi connectivity index (χ4n) is 1.26. The van der Waals surface area contributed by atoms with Crippen molar-refractivity contribution in [3.05, 3.63) is 46.0 Å². The highest BCUT2D eigenvalue weighted by Gasteiger charge is 2.17. The number of carboxylic acids is 1. The lowest BCUT2D eigenvalue weighted by atomic mass is 10.4. The van der Waals surface area contributed by atoms with E-state index in [0.717, 1.165) is 0 Å². The van der Waals surface area contributed by atoms with Crippen LogP contribution in [0.1, 0.15) is 16.2 Å². The second-order valence-corrected chi connectivity index (χ2v) is 3.35. The molecule has 0 aliphatic heterocycles. The molecule has 0 spiro atoms. The molecule has 19 heavy (non-hydrogen) atoms. The van der Waals surface area contributed by atoms with Gasteiger partial charge in [-0.25, -0.2) is 4.79 Å². The maximum atomic E-state index is 10.7. The second kappa shape index (κ2) is 5.12. The molecule has 2 heterocycles. The molecule has 9 nitrogen and oxygen atoms in total. The van der Waals surface area contributed by atoms with E-state index >= 15 is 0 Å². The van der Waals surface area contributed by atoms with Crippen LogP contribution in [0.25, 0.3) is 0 Å². The summed E-state index contributed by atoms with van der Waals surface area (Å²) in [5, 5.41) is 22.6. The normalized spacial score (nSPS) is 10.1. The highest BCUT2D eigenvalue weighted by atomic mass is 16.6. The van der Waals surface area contributed by atoms with Crippen LogP contribution in [0.2, 0.25) is 0 Å². The van der Waals surface area contributed by atoms with Crippen molar-refractivity contribution >= 4 is 11.8 Å². The van der Waals surface area contributed by atoms with Crippen LogP contribution < -0.4 is 4.74 Å². The number of nitro groups is 1. The van der Waals surface area contributed by atoms with Crippen molar-refractivity contribution in [1.29, 1.82) is 0 Å². The highest BCUT2D eigenvalue weighted by Crippen LogP contribution is 2.23. The zero-order chi connectivity index (χ0) is 13.8. The summed E-state index contributed by atoms with van der Waals surface area (Å²) in [6.07, 6.45) is 1.27. The van der Waals surface area contributed by atoms with E-state index in [1.54, 1.807) is 0 Å². The average Bonchev–Trinajstić information content (AvgIpc) is 2.85. The third-order valence-electron chi connectivity index (χ3n) is 2.07. The van der Waals surface area contributed by atoms with E-state index in [4.69, 9.17) is 14.4 Å². The van der Waals surface area contributed by atoms with Gasteiger partial charge in [0.2, 0.25) is 5.75 Å². The SMILES string of the molecule is O=C(O)c1cc(COc2cccnc2[N+](=O)[O-])on1. The standard InChI is InChI=1S/C10H7N3O6/c14-10(15)7-4-6(19-12-7)5-18-8-2-1-3-11-9(8)13(16)17/h1-4H,5H2,(H,14,15). The minimum absolute atomic E-state index is 0.0409. The van der Waals surface area contributed by atoms with E-state index in [-0.39, 0.29) is 23.8 Å². The monoisotopic (exact) mass is 265 g/mol. The largest absolute Gasteiger partial charge is 0.477 e. The van der Waals surface area contributed by atoms with Crippen LogP contribution in [0.15, 0.2) is 28.9 Å². The molecule has 2 aromatic rings. The van der Waals surface area contributed by atoms with Crippen LogP contribution in [0, 0.1) is 10.1 Å². The zero-order valence-corrected chi connectivity index (χ0v) is 9.35. The van der Waals surface area contributed by atoms with Crippen LogP contribution in [0.4, 0.5) is 5.82 Å². The van der Waals surface area contributed by atoms with Gasteiger partial charge in [-0.2, -0.15) is 0 Å². The molecule has 2 aromatic heterocycles. The summed E-state index contributed by atoms with van der Waals surface area (Å²) in [6, 6.07) is 4.02. The van der Waals surface area contributed by atoms with Crippen LogP contribution in [0.3, 0.4) is 0 Å². The van der Waals surface area contributed by atoms with Crippen molar-refractivity contribution in [2.24, 2.45) is 0 Å². The minimum Gasteiger partial charge on any atom is -0.477 e. The van der Waals surface area contributed by atoms with E-state index in [1.807, 2.05) is 0 Å². The Hall–Kier alpha value is -2.97. The average molecular weight is 265 g/mol. The van der Waals surface area contributed by atoms with E-state index in [9.17, 15) is 14.9 Å². The molecule has 1 N–H and O–H groups in total. The molecule has 0 saturated carbocycles. The number of rotatable bonds is 5. The summed E-state index contributed by atoms with van der Waals surface area (Å²) in [4.78, 5) is 24.1. The Morgan fingerprint density at radius 2 is 2.37 bits per heavy atom. The van der Waals surface area contributed by atoms with Gasteiger partial charge in [0.1, 0.15) is 12.8 Å². The van der Waals surface area contributed by atoms with Gasteiger partial charge in [-0.15, -0.1) is 0 Å². The summed E-state index contributed by atoms with van der Waals surface area (Å²) in [6.45, 7) is -0.188. The Morgan fingerprint density at radius 1 is 1.58 bits per heavy atom. The molecule has 0 bridgehead atoms. The number of hydrogen-bond donors (Lipinski definition) is 1. The molecule has 0 radical (unpaired) electrons. The maximum Gasteiger partial charge on any atom is 0.406 e. The smallest absolute Gasteiger partial charge is 0.406 e. The summed E-state index contributed by atoms with van der Waals surface area (Å²) in [5.41, 5.74) is -0.265. The second-order valence-electron chi connectivity index (χ2n) is 3.35. The van der Waals surface area contributed by atoms with Gasteiger partial charge in [-0.05, 0) is 22.0 Å². The fraction of sp³-hybridized carbons (Fsp3) is 0.100. The third-order valence-corrected chi connectivity index (χ3v) is 2.07. The minimum atomic E-state index is -1.23. The third kappa shape index (κ3) is 2.83. The number of carboxylic acid groups (broad SMARTS) is 1. The molecular formula is C10H7N3O6. The summed E-state index contributed by atoms with van der Waals surface area (Å²) in [7, 11) is 0. The first-order valence-electron chi connectivity index (χ1n) is 4.99. The molecule has 0 aliphatic carbocycles. The highest BCUT2D eigenvalue weighted by molar-refractivity contribution is 5.85. The van der Waals surface area contributed by atoms with Crippen molar-refractivity contribution < 1.29 is 24.1 Å². The Bertz CT molecular complexity index is 623. The topological polar surface area (TPSA) is 129 Å². The number of aromatic nitrogens is 2. The molecule has 9 heteroatoms. The van der Waals surface area contributed by atoms with E-state index < -0.39 is 16.7 Å². The quantitative estimate of drug-likeness (QED) is 0.631. The van der Waals surface area contributed by atoms with Gasteiger partial charge in [0.25, 0.3) is 0 Å². The molecule has 0 amide bonds. The lowest BCUT2D eigenvalue weighted by molar-refractivity contribution is -0.390. The molecule has 98 valence electrons. The first kappa shape index (κ1) is 12.5. The summed E-state index contributed by atoms with van der Waals surface area (Å²) in [5.74, 6) is -1.57. The van der Waals surface area contributed by atoms with Crippen LogP contribution in [0.5, 0.6) is 5.75 Å². The predicted octanol–water partition coefficient (Wildman–Crippen LogP) is 1.25.